The van der Waals surface area contributed by atoms with E-state index in [0.29, 0.717) is 23.6 Å². The highest BCUT2D eigenvalue weighted by atomic mass is 32.2. The molecule has 0 spiro atoms. The molecule has 1 aromatic heterocycles. The molecular formula is C21H23N3O5S. The zero-order chi connectivity index (χ0) is 21.6. The monoisotopic (exact) mass is 429 g/mol. The Hall–Kier alpha value is -3.17. The maximum absolute atomic E-state index is 12.5. The Labute approximate surface area is 175 Å². The third kappa shape index (κ3) is 5.05. The summed E-state index contributed by atoms with van der Waals surface area (Å²) >= 11 is 0. The number of benzene rings is 2. The van der Waals surface area contributed by atoms with Gasteiger partial charge in [-0.3, -0.25) is 4.79 Å². The second-order valence-corrected chi connectivity index (χ2v) is 8.18. The minimum Gasteiger partial charge on any atom is -0.493 e. The first-order valence-corrected chi connectivity index (χ1v) is 10.8. The fraction of sp³-hybridized carbons (Fsp3) is 0.238. The molecule has 8 nitrogen and oxygen atoms in total. The van der Waals surface area contributed by atoms with E-state index in [1.165, 1.54) is 43.2 Å². The number of hydrogen-bond acceptors (Lipinski definition) is 6. The molecule has 1 heterocycles. The second-order valence-electron chi connectivity index (χ2n) is 6.41. The number of nitrogens with zero attached hydrogens (tertiary/aromatic N) is 2. The molecule has 0 aliphatic rings. The molecule has 0 saturated heterocycles. The van der Waals surface area contributed by atoms with Crippen molar-refractivity contribution in [2.75, 3.05) is 20.8 Å². The Morgan fingerprint density at radius 3 is 2.40 bits per heavy atom. The Kier molecular flexibility index (Phi) is 6.86. The molecule has 0 fully saturated rings. The molecular weight excluding hydrogens is 406 g/mol. The van der Waals surface area contributed by atoms with Gasteiger partial charge >= 0.3 is 0 Å². The molecule has 3 aromatic rings. The zero-order valence-electron chi connectivity index (χ0n) is 16.7. The van der Waals surface area contributed by atoms with Crippen LogP contribution >= 0.6 is 0 Å². The molecule has 0 radical (unpaired) electrons. The highest BCUT2D eigenvalue weighted by molar-refractivity contribution is 7.89. The van der Waals surface area contributed by atoms with Crippen LogP contribution in [0.25, 0.3) is 11.3 Å². The zero-order valence-corrected chi connectivity index (χ0v) is 17.6. The van der Waals surface area contributed by atoms with Crippen LogP contribution in [-0.2, 0) is 16.6 Å². The van der Waals surface area contributed by atoms with Crippen molar-refractivity contribution in [3.63, 3.8) is 0 Å². The molecule has 0 saturated carbocycles. The summed E-state index contributed by atoms with van der Waals surface area (Å²) in [6.45, 7) is 0.439. The number of ether oxygens (including phenoxy) is 2. The summed E-state index contributed by atoms with van der Waals surface area (Å²) in [6, 6.07) is 17.0. The van der Waals surface area contributed by atoms with Gasteiger partial charge in [0.15, 0.2) is 11.5 Å². The van der Waals surface area contributed by atoms with Crippen molar-refractivity contribution in [2.24, 2.45) is 0 Å². The van der Waals surface area contributed by atoms with Crippen LogP contribution < -0.4 is 19.8 Å². The second kappa shape index (κ2) is 9.55. The van der Waals surface area contributed by atoms with Crippen LogP contribution in [0.3, 0.4) is 0 Å². The maximum Gasteiger partial charge on any atom is 0.266 e. The van der Waals surface area contributed by atoms with E-state index in [-0.39, 0.29) is 23.5 Å². The van der Waals surface area contributed by atoms with Gasteiger partial charge in [-0.05, 0) is 24.6 Å². The molecule has 1 N–H and O–H groups in total. The van der Waals surface area contributed by atoms with E-state index in [1.807, 2.05) is 30.3 Å². The lowest BCUT2D eigenvalue weighted by Crippen LogP contribution is -2.28. The molecule has 9 heteroatoms. The average molecular weight is 429 g/mol. The smallest absolute Gasteiger partial charge is 0.266 e. The molecule has 2 aromatic carbocycles. The lowest BCUT2D eigenvalue weighted by atomic mass is 10.1. The van der Waals surface area contributed by atoms with E-state index in [4.69, 9.17) is 9.47 Å². The van der Waals surface area contributed by atoms with Gasteiger partial charge in [-0.15, -0.1) is 0 Å². The Balaban J connectivity index is 1.64. The topological polar surface area (TPSA) is 99.5 Å². The summed E-state index contributed by atoms with van der Waals surface area (Å²) in [5, 5.41) is 4.37. The van der Waals surface area contributed by atoms with Crippen LogP contribution in [0, 0.1) is 0 Å². The van der Waals surface area contributed by atoms with Gasteiger partial charge in [-0.1, -0.05) is 30.3 Å². The minimum atomic E-state index is -3.73. The fourth-order valence-electron chi connectivity index (χ4n) is 2.87. The molecule has 0 bridgehead atoms. The van der Waals surface area contributed by atoms with Gasteiger partial charge < -0.3 is 9.47 Å². The summed E-state index contributed by atoms with van der Waals surface area (Å²) in [5.74, 6) is 0.772. The van der Waals surface area contributed by atoms with E-state index < -0.39 is 10.0 Å². The SMILES string of the molecule is COc1ccc(S(=O)(=O)NCCCn2nc(-c3ccccc3)ccc2=O)cc1OC. The van der Waals surface area contributed by atoms with Crippen molar-refractivity contribution in [3.8, 4) is 22.8 Å². The van der Waals surface area contributed by atoms with Crippen molar-refractivity contribution in [1.82, 2.24) is 14.5 Å². The van der Waals surface area contributed by atoms with Crippen LogP contribution in [-0.4, -0.2) is 39.0 Å². The molecule has 30 heavy (non-hydrogen) atoms. The third-order valence-corrected chi connectivity index (χ3v) is 5.90. The van der Waals surface area contributed by atoms with Crippen molar-refractivity contribution < 1.29 is 17.9 Å². The molecule has 0 unspecified atom stereocenters. The highest BCUT2D eigenvalue weighted by Crippen LogP contribution is 2.29. The molecule has 158 valence electrons. The van der Waals surface area contributed by atoms with Crippen LogP contribution in [0.4, 0.5) is 0 Å². The molecule has 3 rings (SSSR count). The van der Waals surface area contributed by atoms with Crippen LogP contribution in [0.1, 0.15) is 6.42 Å². The minimum absolute atomic E-state index is 0.0708. The molecule has 0 atom stereocenters. The third-order valence-electron chi connectivity index (χ3n) is 4.44. The number of methoxy groups -OCH3 is 2. The normalized spacial score (nSPS) is 11.3. The standard InChI is InChI=1S/C21H23N3O5S/c1-28-19-11-9-17(15-20(19)29-2)30(26,27)22-13-6-14-24-21(25)12-10-18(23-24)16-7-4-3-5-8-16/h3-5,7-12,15,22H,6,13-14H2,1-2H3. The van der Waals surface area contributed by atoms with Gasteiger partial charge in [0.25, 0.3) is 5.56 Å². The number of rotatable bonds is 9. The Morgan fingerprint density at radius 2 is 1.70 bits per heavy atom. The van der Waals surface area contributed by atoms with E-state index in [2.05, 4.69) is 9.82 Å². The van der Waals surface area contributed by atoms with Gasteiger partial charge in [-0.2, -0.15) is 5.10 Å². The van der Waals surface area contributed by atoms with E-state index in [9.17, 15) is 13.2 Å². The van der Waals surface area contributed by atoms with Gasteiger partial charge in [0.1, 0.15) is 0 Å². The number of nitrogens with one attached hydrogen (secondary N) is 1. The van der Waals surface area contributed by atoms with Gasteiger partial charge in [-0.25, -0.2) is 17.8 Å². The van der Waals surface area contributed by atoms with Crippen LogP contribution in [0.2, 0.25) is 0 Å². The van der Waals surface area contributed by atoms with Crippen molar-refractivity contribution >= 4 is 10.0 Å². The maximum atomic E-state index is 12.5. The van der Waals surface area contributed by atoms with Gasteiger partial charge in [0, 0.05) is 30.8 Å². The summed E-state index contributed by atoms with van der Waals surface area (Å²) in [5.41, 5.74) is 1.35. The molecule has 0 aliphatic heterocycles. The first-order valence-electron chi connectivity index (χ1n) is 9.30. The molecule has 0 aliphatic carbocycles. The average Bonchev–Trinajstić information content (AvgIpc) is 2.77. The Bertz CT molecular complexity index is 1160. The summed E-state index contributed by atoms with van der Waals surface area (Å²) < 4.78 is 39.2. The first-order chi connectivity index (χ1) is 14.4. The van der Waals surface area contributed by atoms with Crippen molar-refractivity contribution in [2.45, 2.75) is 17.9 Å². The van der Waals surface area contributed by atoms with Crippen LogP contribution in [0.15, 0.2) is 70.4 Å². The van der Waals surface area contributed by atoms with E-state index in [1.54, 1.807) is 6.07 Å². The summed E-state index contributed by atoms with van der Waals surface area (Å²) in [4.78, 5) is 12.2. The lowest BCUT2D eigenvalue weighted by Gasteiger charge is -2.11. The lowest BCUT2D eigenvalue weighted by molar-refractivity contribution is 0.354. The fourth-order valence-corrected chi connectivity index (χ4v) is 3.96. The largest absolute Gasteiger partial charge is 0.493 e. The summed E-state index contributed by atoms with van der Waals surface area (Å²) in [6.07, 6.45) is 0.400. The Morgan fingerprint density at radius 1 is 0.967 bits per heavy atom. The van der Waals surface area contributed by atoms with Crippen molar-refractivity contribution in [3.05, 3.63) is 71.0 Å². The summed E-state index contributed by atoms with van der Waals surface area (Å²) in [7, 11) is -0.807. The quantitative estimate of drug-likeness (QED) is 0.524. The first kappa shape index (κ1) is 21.5. The predicted molar refractivity (Wildman–Crippen MR) is 113 cm³/mol. The van der Waals surface area contributed by atoms with Crippen molar-refractivity contribution in [1.29, 1.82) is 0 Å². The number of hydrogen-bond donors (Lipinski definition) is 1. The van der Waals surface area contributed by atoms with E-state index >= 15 is 0 Å². The highest BCUT2D eigenvalue weighted by Gasteiger charge is 2.16. The predicted octanol–water partition coefficient (Wildman–Crippen LogP) is 2.30. The van der Waals surface area contributed by atoms with Crippen LogP contribution in [0.5, 0.6) is 11.5 Å². The number of aromatic nitrogens is 2. The number of sulfonamides is 1. The number of aryl methyl sites for hydroxylation is 1. The van der Waals surface area contributed by atoms with E-state index in [0.717, 1.165) is 5.56 Å². The molecule has 0 amide bonds. The van der Waals surface area contributed by atoms with Gasteiger partial charge in [0.2, 0.25) is 10.0 Å². The van der Waals surface area contributed by atoms with Gasteiger partial charge in [0.05, 0.1) is 24.8 Å².